The Balaban J connectivity index is 1.83. The number of rotatable bonds is 8. The van der Waals surface area contributed by atoms with Crippen LogP contribution in [0.1, 0.15) is 17.0 Å². The van der Waals surface area contributed by atoms with E-state index in [0.29, 0.717) is 34.5 Å². The van der Waals surface area contributed by atoms with Gasteiger partial charge in [0.05, 0.1) is 22.8 Å². The molecule has 0 atom stereocenters. The van der Waals surface area contributed by atoms with Gasteiger partial charge in [-0.2, -0.15) is 0 Å². The summed E-state index contributed by atoms with van der Waals surface area (Å²) in [6.45, 7) is 1.20. The number of halogens is 1. The van der Waals surface area contributed by atoms with E-state index in [4.69, 9.17) is 21.3 Å². The molecule has 0 aliphatic carbocycles. The SMILES string of the molecule is COc1ccc(Cl)c2sc(N(CCN(C)C)C(=O)C(c3ccccc3)c3ccccc3)nc12. The molecule has 0 aliphatic rings. The lowest BCUT2D eigenvalue weighted by Gasteiger charge is -2.27. The summed E-state index contributed by atoms with van der Waals surface area (Å²) in [5, 5.41) is 1.21. The Morgan fingerprint density at radius 2 is 1.58 bits per heavy atom. The summed E-state index contributed by atoms with van der Waals surface area (Å²) >= 11 is 7.88. The van der Waals surface area contributed by atoms with Crippen molar-refractivity contribution in [2.24, 2.45) is 0 Å². The number of carbonyl (C=O) groups is 1. The van der Waals surface area contributed by atoms with Crippen LogP contribution in [0.3, 0.4) is 0 Å². The number of likely N-dealkylation sites (N-methyl/N-ethyl adjacent to an activating group) is 1. The van der Waals surface area contributed by atoms with E-state index in [-0.39, 0.29) is 5.91 Å². The Hall–Kier alpha value is -2.93. The number of nitrogens with zero attached hydrogens (tertiary/aromatic N) is 3. The molecule has 0 fully saturated rings. The van der Waals surface area contributed by atoms with Gasteiger partial charge in [0.2, 0.25) is 5.91 Å². The van der Waals surface area contributed by atoms with Gasteiger partial charge in [-0.1, -0.05) is 83.6 Å². The molecule has 1 heterocycles. The number of carbonyl (C=O) groups excluding carboxylic acids is 1. The minimum Gasteiger partial charge on any atom is -0.494 e. The number of anilines is 1. The summed E-state index contributed by atoms with van der Waals surface area (Å²) in [4.78, 5) is 22.8. The number of methoxy groups -OCH3 is 1. The summed E-state index contributed by atoms with van der Waals surface area (Å²) in [6, 6.07) is 23.4. The van der Waals surface area contributed by atoms with Crippen molar-refractivity contribution in [3.8, 4) is 5.75 Å². The minimum absolute atomic E-state index is 0.0246. The van der Waals surface area contributed by atoms with Crippen molar-refractivity contribution in [1.82, 2.24) is 9.88 Å². The second-order valence-electron chi connectivity index (χ2n) is 7.97. The van der Waals surface area contributed by atoms with Crippen LogP contribution < -0.4 is 9.64 Å². The highest BCUT2D eigenvalue weighted by atomic mass is 35.5. The summed E-state index contributed by atoms with van der Waals surface area (Å²) in [7, 11) is 5.59. The maximum absolute atomic E-state index is 14.2. The molecule has 170 valence electrons. The summed E-state index contributed by atoms with van der Waals surface area (Å²) in [6.07, 6.45) is 0. The molecule has 4 aromatic rings. The van der Waals surface area contributed by atoms with Crippen molar-refractivity contribution >= 4 is 44.2 Å². The first-order valence-electron chi connectivity index (χ1n) is 10.7. The monoisotopic (exact) mass is 479 g/mol. The smallest absolute Gasteiger partial charge is 0.240 e. The molecule has 0 bridgehead atoms. The topological polar surface area (TPSA) is 45.7 Å². The van der Waals surface area contributed by atoms with Gasteiger partial charge in [-0.15, -0.1) is 0 Å². The number of benzene rings is 3. The predicted octanol–water partition coefficient (Wildman–Crippen LogP) is 5.69. The lowest BCUT2D eigenvalue weighted by molar-refractivity contribution is -0.119. The zero-order valence-electron chi connectivity index (χ0n) is 18.9. The van der Waals surface area contributed by atoms with Crippen molar-refractivity contribution in [2.75, 3.05) is 39.2 Å². The average molecular weight is 480 g/mol. The minimum atomic E-state index is -0.445. The number of aromatic nitrogens is 1. The summed E-state index contributed by atoms with van der Waals surface area (Å²) in [5.41, 5.74) is 2.56. The standard InChI is InChI=1S/C26H26ClN3O2S/c1-29(2)16-17-30(26-28-23-21(32-3)15-14-20(27)24(23)33-26)25(31)22(18-10-6-4-7-11-18)19-12-8-5-9-13-19/h4-15,22H,16-17H2,1-3H3. The molecule has 4 rings (SSSR count). The highest BCUT2D eigenvalue weighted by Crippen LogP contribution is 2.40. The fourth-order valence-electron chi connectivity index (χ4n) is 3.75. The van der Waals surface area contributed by atoms with Crippen LogP contribution in [-0.4, -0.2) is 50.1 Å². The van der Waals surface area contributed by atoms with Gasteiger partial charge in [0.15, 0.2) is 5.13 Å². The van der Waals surface area contributed by atoms with Crippen LogP contribution in [-0.2, 0) is 4.79 Å². The molecule has 5 nitrogen and oxygen atoms in total. The van der Waals surface area contributed by atoms with Crippen LogP contribution in [0.25, 0.3) is 10.2 Å². The maximum Gasteiger partial charge on any atom is 0.240 e. The van der Waals surface area contributed by atoms with E-state index in [9.17, 15) is 4.79 Å². The van der Waals surface area contributed by atoms with E-state index in [1.807, 2.05) is 74.8 Å². The third-order valence-corrected chi connectivity index (χ3v) is 6.99. The van der Waals surface area contributed by atoms with Gasteiger partial charge in [0.25, 0.3) is 0 Å². The lowest BCUT2D eigenvalue weighted by Crippen LogP contribution is -2.40. The molecule has 3 aromatic carbocycles. The number of hydrogen-bond donors (Lipinski definition) is 0. The molecule has 1 amide bonds. The molecule has 0 radical (unpaired) electrons. The van der Waals surface area contributed by atoms with Crippen LogP contribution in [0, 0.1) is 0 Å². The van der Waals surface area contributed by atoms with E-state index in [1.54, 1.807) is 24.1 Å². The summed E-state index contributed by atoms with van der Waals surface area (Å²) < 4.78 is 6.30. The molecule has 0 saturated heterocycles. The van der Waals surface area contributed by atoms with Crippen molar-refractivity contribution in [3.63, 3.8) is 0 Å². The quantitative estimate of drug-likeness (QED) is 0.326. The zero-order valence-corrected chi connectivity index (χ0v) is 20.4. The van der Waals surface area contributed by atoms with Gasteiger partial charge < -0.3 is 9.64 Å². The van der Waals surface area contributed by atoms with Gasteiger partial charge in [-0.05, 0) is 37.4 Å². The molecule has 0 aliphatic heterocycles. The van der Waals surface area contributed by atoms with Crippen LogP contribution in [0.5, 0.6) is 5.75 Å². The Morgan fingerprint density at radius 1 is 0.970 bits per heavy atom. The first-order chi connectivity index (χ1) is 16.0. The first-order valence-corrected chi connectivity index (χ1v) is 11.9. The average Bonchev–Trinajstić information content (AvgIpc) is 3.27. The third kappa shape index (κ3) is 5.03. The lowest BCUT2D eigenvalue weighted by atomic mass is 9.90. The molecule has 0 unspecified atom stereocenters. The van der Waals surface area contributed by atoms with Crippen molar-refractivity contribution in [3.05, 3.63) is 88.9 Å². The van der Waals surface area contributed by atoms with Gasteiger partial charge in [-0.25, -0.2) is 4.98 Å². The number of hydrogen-bond acceptors (Lipinski definition) is 5. The highest BCUT2D eigenvalue weighted by molar-refractivity contribution is 7.23. The van der Waals surface area contributed by atoms with Crippen LogP contribution in [0.2, 0.25) is 5.02 Å². The largest absolute Gasteiger partial charge is 0.494 e. The Kier molecular flexibility index (Phi) is 7.28. The van der Waals surface area contributed by atoms with Crippen LogP contribution >= 0.6 is 22.9 Å². The Bertz CT molecular complexity index is 1190. The molecular weight excluding hydrogens is 454 g/mol. The third-order valence-electron chi connectivity index (χ3n) is 5.45. The maximum atomic E-state index is 14.2. The molecule has 0 N–H and O–H groups in total. The zero-order chi connectivity index (χ0) is 23.4. The van der Waals surface area contributed by atoms with E-state index in [1.165, 1.54) is 11.3 Å². The Labute approximate surface area is 203 Å². The molecule has 1 aromatic heterocycles. The molecule has 33 heavy (non-hydrogen) atoms. The normalized spacial score (nSPS) is 11.3. The van der Waals surface area contributed by atoms with Crippen molar-refractivity contribution in [1.29, 1.82) is 0 Å². The Morgan fingerprint density at radius 3 is 2.12 bits per heavy atom. The molecule has 0 saturated carbocycles. The number of amides is 1. The van der Waals surface area contributed by atoms with E-state index in [2.05, 4.69) is 4.90 Å². The molecule has 7 heteroatoms. The second kappa shape index (κ2) is 10.3. The highest BCUT2D eigenvalue weighted by Gasteiger charge is 2.30. The van der Waals surface area contributed by atoms with Gasteiger partial charge in [0.1, 0.15) is 11.3 Å². The van der Waals surface area contributed by atoms with Crippen molar-refractivity contribution in [2.45, 2.75) is 5.92 Å². The summed E-state index contributed by atoms with van der Waals surface area (Å²) in [5.74, 6) is 0.168. The fraction of sp³-hybridized carbons (Fsp3) is 0.231. The number of fused-ring (bicyclic) bond motifs is 1. The van der Waals surface area contributed by atoms with E-state index < -0.39 is 5.92 Å². The number of ether oxygens (including phenoxy) is 1. The predicted molar refractivity (Wildman–Crippen MR) is 137 cm³/mol. The fourth-order valence-corrected chi connectivity index (χ4v) is 5.03. The van der Waals surface area contributed by atoms with Crippen LogP contribution in [0.4, 0.5) is 5.13 Å². The number of thiazole rings is 1. The van der Waals surface area contributed by atoms with E-state index >= 15 is 0 Å². The van der Waals surface area contributed by atoms with Crippen molar-refractivity contribution < 1.29 is 9.53 Å². The van der Waals surface area contributed by atoms with E-state index in [0.717, 1.165) is 15.8 Å². The first kappa shape index (κ1) is 23.2. The van der Waals surface area contributed by atoms with Gasteiger partial charge in [-0.3, -0.25) is 9.69 Å². The second-order valence-corrected chi connectivity index (χ2v) is 9.36. The molecule has 0 spiro atoms. The molecular formula is C26H26ClN3O2S. The van der Waals surface area contributed by atoms with Crippen LogP contribution in [0.15, 0.2) is 72.8 Å². The van der Waals surface area contributed by atoms with Gasteiger partial charge in [0, 0.05) is 13.1 Å². The van der Waals surface area contributed by atoms with Gasteiger partial charge >= 0.3 is 0 Å².